The van der Waals surface area contributed by atoms with Crippen molar-refractivity contribution >= 4 is 34.1 Å². The van der Waals surface area contributed by atoms with Crippen LogP contribution in [0.4, 0.5) is 34.1 Å². The van der Waals surface area contributed by atoms with Gasteiger partial charge in [-0.15, -0.1) is 0 Å². The molecule has 1 fully saturated rings. The van der Waals surface area contributed by atoms with Gasteiger partial charge in [0.25, 0.3) is 0 Å². The molecule has 1 saturated carbocycles. The lowest BCUT2D eigenvalue weighted by atomic mass is 9.59. The third kappa shape index (κ3) is 8.06. The van der Waals surface area contributed by atoms with Crippen LogP contribution < -0.4 is 9.80 Å². The molecule has 0 saturated heterocycles. The van der Waals surface area contributed by atoms with E-state index >= 15 is 0 Å². The Morgan fingerprint density at radius 1 is 0.391 bits per heavy atom. The summed E-state index contributed by atoms with van der Waals surface area (Å²) < 4.78 is 0. The molecule has 340 valence electrons. The predicted molar refractivity (Wildman–Crippen MR) is 293 cm³/mol. The zero-order valence-corrected chi connectivity index (χ0v) is 40.7. The van der Waals surface area contributed by atoms with Gasteiger partial charge in [0.15, 0.2) is 0 Å². The number of para-hydroxylation sites is 3. The van der Waals surface area contributed by atoms with Crippen LogP contribution in [0.1, 0.15) is 82.6 Å². The smallest absolute Gasteiger partial charge is 0.0540 e. The predicted octanol–water partition coefficient (Wildman–Crippen LogP) is 18.8. The van der Waals surface area contributed by atoms with E-state index in [0.29, 0.717) is 5.92 Å². The van der Waals surface area contributed by atoms with Crippen molar-refractivity contribution in [2.45, 2.75) is 71.1 Å². The van der Waals surface area contributed by atoms with Crippen LogP contribution in [0.5, 0.6) is 0 Å². The highest BCUT2D eigenvalue weighted by Crippen LogP contribution is 2.55. The van der Waals surface area contributed by atoms with Crippen molar-refractivity contribution in [2.75, 3.05) is 9.80 Å². The molecule has 2 nitrogen and oxygen atoms in total. The summed E-state index contributed by atoms with van der Waals surface area (Å²) in [6.45, 7) is 12.1. The second-order valence-electron chi connectivity index (χ2n) is 21.0. The topological polar surface area (TPSA) is 6.48 Å². The molecule has 0 aliphatic heterocycles. The fourth-order valence-corrected chi connectivity index (χ4v) is 11.9. The number of fused-ring (bicyclic) bond motifs is 3. The Hall–Kier alpha value is -7.42. The maximum Gasteiger partial charge on any atom is 0.0540 e. The van der Waals surface area contributed by atoms with Gasteiger partial charge in [0.1, 0.15) is 0 Å². The van der Waals surface area contributed by atoms with Gasteiger partial charge in [-0.1, -0.05) is 198 Å². The summed E-state index contributed by atoms with van der Waals surface area (Å²) in [5.74, 6) is 0.680. The first-order valence-electron chi connectivity index (χ1n) is 25.0. The molecule has 0 heterocycles. The van der Waals surface area contributed by atoms with Gasteiger partial charge in [0.05, 0.1) is 5.69 Å². The molecule has 0 spiro atoms. The molecule has 2 aliphatic rings. The minimum Gasteiger partial charge on any atom is -0.311 e. The molecule has 2 heteroatoms. The summed E-state index contributed by atoms with van der Waals surface area (Å²) in [5.41, 5.74) is 20.0. The van der Waals surface area contributed by atoms with Gasteiger partial charge >= 0.3 is 0 Å². The quantitative estimate of drug-likeness (QED) is 0.135. The van der Waals surface area contributed by atoms with Gasteiger partial charge in [-0.25, -0.2) is 0 Å². The minimum absolute atomic E-state index is 0.115. The molecule has 2 aliphatic carbocycles. The van der Waals surface area contributed by atoms with Crippen LogP contribution in [0.25, 0.3) is 33.4 Å². The van der Waals surface area contributed by atoms with E-state index in [1.54, 1.807) is 0 Å². The Kier molecular flexibility index (Phi) is 11.4. The van der Waals surface area contributed by atoms with E-state index in [4.69, 9.17) is 0 Å². The van der Waals surface area contributed by atoms with Gasteiger partial charge in [0.2, 0.25) is 0 Å². The average molecular weight is 895 g/mol. The maximum absolute atomic E-state index is 2.50. The molecule has 9 aromatic rings. The molecule has 0 amide bonds. The van der Waals surface area contributed by atoms with Crippen LogP contribution in [-0.4, -0.2) is 0 Å². The van der Waals surface area contributed by atoms with Gasteiger partial charge in [-0.05, 0) is 154 Å². The third-order valence-electron chi connectivity index (χ3n) is 15.7. The van der Waals surface area contributed by atoms with Crippen molar-refractivity contribution in [2.24, 2.45) is 11.3 Å². The van der Waals surface area contributed by atoms with Crippen molar-refractivity contribution in [3.8, 4) is 33.4 Å². The van der Waals surface area contributed by atoms with E-state index < -0.39 is 0 Å². The summed E-state index contributed by atoms with van der Waals surface area (Å²) >= 11 is 0. The molecular formula is C67H62N2. The zero-order valence-electron chi connectivity index (χ0n) is 40.7. The third-order valence-corrected chi connectivity index (χ3v) is 15.7. The van der Waals surface area contributed by atoms with Gasteiger partial charge < -0.3 is 9.80 Å². The number of hydrogen-bond donors (Lipinski definition) is 0. The Morgan fingerprint density at radius 3 is 1.39 bits per heavy atom. The number of nitrogens with zero attached hydrogens (tertiary/aromatic N) is 2. The zero-order chi connectivity index (χ0) is 47.2. The lowest BCUT2D eigenvalue weighted by molar-refractivity contribution is 0.146. The number of hydrogen-bond acceptors (Lipinski definition) is 2. The van der Waals surface area contributed by atoms with Gasteiger partial charge in [-0.3, -0.25) is 0 Å². The number of anilines is 6. The Balaban J connectivity index is 1.02. The standard InChI is InChI=1S/C67H62N2/c1-65(2,3)50-43-45-67(46-44-50,51-33-37-55(38-34-51)68(53-25-14-8-15-26-53)54-27-16-9-17-28-54)52-35-39-56(40-36-52)69(63-32-19-18-29-58(63)48-21-10-6-11-22-48)57-41-42-60-62(47-57)66(4,5)61-31-20-30-59(64(60)61)49-23-12-7-13-24-49/h6-42,47,50H,43-46H2,1-5H3. The highest BCUT2D eigenvalue weighted by molar-refractivity contribution is 5.95. The average Bonchev–Trinajstić information content (AvgIpc) is 3.63. The van der Waals surface area contributed by atoms with E-state index in [1.165, 1.54) is 68.5 Å². The SMILES string of the molecule is CC1(C)c2cc(N(c3ccc(C4(c5ccc(N(c6ccccc6)c6ccccc6)cc5)CCC(C(C)(C)C)CC4)cc3)c3ccccc3-c3ccccc3)ccc2-c2c(-c3ccccc3)cccc21. The fraction of sp³-hybridized carbons (Fsp3) is 0.194. The second kappa shape index (κ2) is 17.9. The molecule has 9 aromatic carbocycles. The van der Waals surface area contributed by atoms with Crippen LogP contribution in [0.15, 0.2) is 231 Å². The maximum atomic E-state index is 2.50. The highest BCUT2D eigenvalue weighted by atomic mass is 15.1. The molecule has 0 unspecified atom stereocenters. The molecule has 0 radical (unpaired) electrons. The molecule has 11 rings (SSSR count). The normalized spacial score (nSPS) is 17.1. The first-order chi connectivity index (χ1) is 33.6. The number of rotatable bonds is 10. The van der Waals surface area contributed by atoms with E-state index in [-0.39, 0.29) is 16.2 Å². The highest BCUT2D eigenvalue weighted by Gasteiger charge is 2.42. The Bertz CT molecular complexity index is 3150. The van der Waals surface area contributed by atoms with Gasteiger partial charge in [-0.2, -0.15) is 0 Å². The van der Waals surface area contributed by atoms with E-state index in [0.717, 1.165) is 47.0 Å². The Labute approximate surface area is 410 Å². The summed E-state index contributed by atoms with van der Waals surface area (Å²) in [4.78, 5) is 4.87. The molecule has 0 aromatic heterocycles. The van der Waals surface area contributed by atoms with Crippen molar-refractivity contribution < 1.29 is 0 Å². The molecule has 0 bridgehead atoms. The van der Waals surface area contributed by atoms with Crippen LogP contribution >= 0.6 is 0 Å². The lowest BCUT2D eigenvalue weighted by Crippen LogP contribution is -2.36. The minimum atomic E-state index is -0.188. The second-order valence-corrected chi connectivity index (χ2v) is 21.0. The lowest BCUT2D eigenvalue weighted by Gasteiger charge is -2.45. The fourth-order valence-electron chi connectivity index (χ4n) is 11.9. The van der Waals surface area contributed by atoms with Crippen molar-refractivity contribution in [3.05, 3.63) is 253 Å². The van der Waals surface area contributed by atoms with Crippen LogP contribution in [0, 0.1) is 11.3 Å². The van der Waals surface area contributed by atoms with Crippen molar-refractivity contribution in [3.63, 3.8) is 0 Å². The summed E-state index contributed by atoms with van der Waals surface area (Å²) in [6.07, 6.45) is 4.62. The molecule has 0 atom stereocenters. The number of benzene rings is 9. The molecule has 0 N–H and O–H groups in total. The summed E-state index contributed by atoms with van der Waals surface area (Å²) in [5, 5.41) is 0. The summed E-state index contributed by atoms with van der Waals surface area (Å²) in [6, 6.07) is 85.5. The van der Waals surface area contributed by atoms with E-state index in [2.05, 4.69) is 275 Å². The molecule has 69 heavy (non-hydrogen) atoms. The van der Waals surface area contributed by atoms with Crippen molar-refractivity contribution in [1.29, 1.82) is 0 Å². The van der Waals surface area contributed by atoms with Crippen LogP contribution in [-0.2, 0) is 10.8 Å². The first kappa shape index (κ1) is 44.1. The first-order valence-corrected chi connectivity index (χ1v) is 25.0. The van der Waals surface area contributed by atoms with Crippen molar-refractivity contribution in [1.82, 2.24) is 0 Å². The van der Waals surface area contributed by atoms with E-state index in [9.17, 15) is 0 Å². The summed E-state index contributed by atoms with van der Waals surface area (Å²) in [7, 11) is 0. The monoisotopic (exact) mass is 894 g/mol. The van der Waals surface area contributed by atoms with Gasteiger partial charge in [0, 0.05) is 44.8 Å². The van der Waals surface area contributed by atoms with Crippen LogP contribution in [0.3, 0.4) is 0 Å². The van der Waals surface area contributed by atoms with Crippen LogP contribution in [0.2, 0.25) is 0 Å². The van der Waals surface area contributed by atoms with E-state index in [1.807, 2.05) is 0 Å². The molecular weight excluding hydrogens is 833 g/mol. The Morgan fingerprint density at radius 2 is 0.841 bits per heavy atom. The largest absolute Gasteiger partial charge is 0.311 e.